The Balaban J connectivity index is 0.000000619. The monoisotopic (exact) mass is 776 g/mol. The molecule has 5 nitrogen and oxygen atoms in total. The molecule has 0 unspecified atom stereocenters. The minimum Gasteiger partial charge on any atom is -0.292 e. The van der Waals surface area contributed by atoms with E-state index in [1.807, 2.05) is 48.9 Å². The largest absolute Gasteiger partial charge is 2.00 e. The second-order valence-electron chi connectivity index (χ2n) is 9.79. The maximum absolute atomic E-state index is 10.7. The minimum atomic E-state index is -10.7. The van der Waals surface area contributed by atoms with Crippen LogP contribution in [-0.2, 0) is 43.2 Å². The van der Waals surface area contributed by atoms with Crippen molar-refractivity contribution < 1.29 is 67.4 Å². The second-order valence-corrected chi connectivity index (χ2v) is 13.6. The Hall–Kier alpha value is -2.87. The number of hydrogen-bond donors (Lipinski definition) is 0. The zero-order valence-electron chi connectivity index (χ0n) is 24.0. The normalized spacial score (nSPS) is 14.5. The molecule has 1 aromatic carbocycles. The molecule has 4 aromatic rings. The molecule has 0 bridgehead atoms. The average molecular weight is 777 g/mol. The van der Waals surface area contributed by atoms with Gasteiger partial charge in [-0.25, -0.2) is 0 Å². The number of halogens is 12. The molecule has 0 spiro atoms. The number of benzene rings is 1. The molecule has 0 saturated heterocycles. The molecule has 0 aliphatic heterocycles. The topological polar surface area (TPSA) is 45.2 Å². The van der Waals surface area contributed by atoms with Crippen LogP contribution in [0.4, 0.5) is 50.4 Å². The fraction of sp³-hybridized carbons (Fsp3) is 0.222. The summed E-state index contributed by atoms with van der Waals surface area (Å²) in [6.07, 6.45) is 5.58. The van der Waals surface area contributed by atoms with Crippen LogP contribution in [-0.4, -0.2) is 37.8 Å². The molecule has 0 N–H and O–H groups in total. The van der Waals surface area contributed by atoms with Crippen molar-refractivity contribution in [1.29, 1.82) is 0 Å². The SMILES string of the molecule is F[P-](F)(F)(F)(F)F.F[P-](F)(F)(F)(F)F.[Cu+2].c1ccc(CN(CCN(Cc2ccccn2)Cc2ccccn2)Cc2ccccn2)cc1. The summed E-state index contributed by atoms with van der Waals surface area (Å²) in [5, 5.41) is 0. The first kappa shape index (κ1) is 42.2. The van der Waals surface area contributed by atoms with Crippen molar-refractivity contribution in [1.82, 2.24) is 24.8 Å². The van der Waals surface area contributed by atoms with Gasteiger partial charge in [-0.15, -0.1) is 0 Å². The van der Waals surface area contributed by atoms with E-state index in [1.165, 1.54) is 5.56 Å². The van der Waals surface area contributed by atoms with Crippen LogP contribution in [0.25, 0.3) is 0 Å². The first-order valence-corrected chi connectivity index (χ1v) is 17.1. The van der Waals surface area contributed by atoms with Crippen LogP contribution in [0.5, 0.6) is 0 Å². The molecule has 0 saturated carbocycles. The van der Waals surface area contributed by atoms with Crippen molar-refractivity contribution in [2.24, 2.45) is 0 Å². The third-order valence-corrected chi connectivity index (χ3v) is 5.32. The zero-order valence-corrected chi connectivity index (χ0v) is 26.8. The molecule has 0 amide bonds. The van der Waals surface area contributed by atoms with Gasteiger partial charge in [0, 0.05) is 57.9 Å². The Morgan fingerprint density at radius 3 is 0.957 bits per heavy atom. The molecule has 267 valence electrons. The van der Waals surface area contributed by atoms with Crippen molar-refractivity contribution in [2.75, 3.05) is 13.1 Å². The molecule has 20 heteroatoms. The van der Waals surface area contributed by atoms with Crippen molar-refractivity contribution in [3.63, 3.8) is 0 Å². The quantitative estimate of drug-likeness (QED) is 0.0862. The number of hydrogen-bond acceptors (Lipinski definition) is 5. The van der Waals surface area contributed by atoms with E-state index in [1.54, 1.807) is 0 Å². The van der Waals surface area contributed by atoms with Crippen LogP contribution in [0.3, 0.4) is 0 Å². The van der Waals surface area contributed by atoms with E-state index in [9.17, 15) is 50.4 Å². The summed E-state index contributed by atoms with van der Waals surface area (Å²) in [7, 11) is -21.3. The Labute approximate surface area is 273 Å². The van der Waals surface area contributed by atoms with E-state index >= 15 is 0 Å². The molecule has 0 fully saturated rings. The number of rotatable bonds is 11. The Kier molecular flexibility index (Phi) is 13.6. The Morgan fingerprint density at radius 2 is 0.681 bits per heavy atom. The van der Waals surface area contributed by atoms with Gasteiger partial charge in [-0.1, -0.05) is 48.5 Å². The molecule has 0 aliphatic rings. The van der Waals surface area contributed by atoms with Gasteiger partial charge in [0.25, 0.3) is 0 Å². The Morgan fingerprint density at radius 1 is 0.404 bits per heavy atom. The second kappa shape index (κ2) is 15.1. The van der Waals surface area contributed by atoms with Gasteiger partial charge in [0.1, 0.15) is 0 Å². The van der Waals surface area contributed by atoms with Crippen LogP contribution >= 0.6 is 15.6 Å². The maximum atomic E-state index is 9.87. The van der Waals surface area contributed by atoms with Gasteiger partial charge < -0.3 is 0 Å². The van der Waals surface area contributed by atoms with Gasteiger partial charge in [0.15, 0.2) is 0 Å². The molecule has 0 atom stereocenters. The summed E-state index contributed by atoms with van der Waals surface area (Å²) in [5.74, 6) is 0. The minimum absolute atomic E-state index is 0. The van der Waals surface area contributed by atoms with Crippen molar-refractivity contribution in [3.8, 4) is 0 Å². The average Bonchev–Trinajstić information content (AvgIpc) is 2.90. The molecule has 47 heavy (non-hydrogen) atoms. The number of pyridine rings is 3. The van der Waals surface area contributed by atoms with Crippen LogP contribution in [0.1, 0.15) is 22.6 Å². The molecule has 3 heterocycles. The third kappa shape index (κ3) is 29.0. The molecule has 3 aromatic heterocycles. The molecular weight excluding hydrogens is 748 g/mol. The first-order valence-electron chi connectivity index (χ1n) is 13.1. The van der Waals surface area contributed by atoms with Crippen LogP contribution in [0.15, 0.2) is 104 Å². The smallest absolute Gasteiger partial charge is 0.292 e. The predicted molar refractivity (Wildman–Crippen MR) is 155 cm³/mol. The summed E-state index contributed by atoms with van der Waals surface area (Å²) in [6.45, 7) is 5.12. The van der Waals surface area contributed by atoms with Crippen LogP contribution in [0, 0.1) is 0 Å². The van der Waals surface area contributed by atoms with Crippen molar-refractivity contribution in [3.05, 3.63) is 126 Å². The predicted octanol–water partition coefficient (Wildman–Crippen LogP) is 11.3. The van der Waals surface area contributed by atoms with Gasteiger partial charge in [-0.05, 0) is 42.0 Å². The van der Waals surface area contributed by atoms with E-state index in [2.05, 4.69) is 79.3 Å². The van der Waals surface area contributed by atoms with E-state index in [-0.39, 0.29) is 17.1 Å². The van der Waals surface area contributed by atoms with E-state index in [0.717, 1.165) is 56.4 Å². The zero-order chi connectivity index (χ0) is 34.7. The van der Waals surface area contributed by atoms with Crippen LogP contribution in [0.2, 0.25) is 0 Å². The van der Waals surface area contributed by atoms with Gasteiger partial charge >= 0.3 is 83.0 Å². The molecule has 1 radical (unpaired) electrons. The third-order valence-electron chi connectivity index (χ3n) is 5.32. The van der Waals surface area contributed by atoms with Crippen molar-refractivity contribution >= 4 is 15.6 Å². The van der Waals surface area contributed by atoms with E-state index in [4.69, 9.17) is 0 Å². The summed E-state index contributed by atoms with van der Waals surface area (Å²) in [5.41, 5.74) is 4.54. The summed E-state index contributed by atoms with van der Waals surface area (Å²) in [4.78, 5) is 18.5. The fourth-order valence-electron chi connectivity index (χ4n) is 3.71. The van der Waals surface area contributed by atoms with Gasteiger partial charge in [0.05, 0.1) is 17.1 Å². The molecule has 4 rings (SSSR count). The standard InChI is InChI=1S/C27H29N5.Cu.2F6P/c1-2-10-24(11-3-1)20-31(21-25-12-4-7-15-28-25)18-19-32(22-26-13-5-8-16-29-26)23-27-14-6-9-17-30-27;;2*1-7(2,3,4,5)6/h1-17H,18-23H2;;;/q;+2;2*-1. The van der Waals surface area contributed by atoms with Gasteiger partial charge in [-0.2, -0.15) is 0 Å². The first-order chi connectivity index (χ1) is 20.7. The van der Waals surface area contributed by atoms with E-state index < -0.39 is 15.6 Å². The maximum Gasteiger partial charge on any atom is 2.00 e. The Bertz CT molecular complexity index is 1250. The summed E-state index contributed by atoms with van der Waals surface area (Å²) in [6, 6.07) is 28.9. The number of nitrogens with zero attached hydrogens (tertiary/aromatic N) is 5. The molecular formula is C27H29CuF12N5P2. The molecule has 0 aliphatic carbocycles. The van der Waals surface area contributed by atoms with Gasteiger partial charge in [-0.3, -0.25) is 24.8 Å². The van der Waals surface area contributed by atoms with Gasteiger partial charge in [0.2, 0.25) is 0 Å². The fourth-order valence-corrected chi connectivity index (χ4v) is 3.71. The summed E-state index contributed by atoms with van der Waals surface area (Å²) < 4.78 is 118. The summed E-state index contributed by atoms with van der Waals surface area (Å²) >= 11 is 0. The number of aromatic nitrogens is 3. The van der Waals surface area contributed by atoms with Crippen molar-refractivity contribution in [2.45, 2.75) is 26.2 Å². The van der Waals surface area contributed by atoms with E-state index in [0.29, 0.717) is 0 Å². The van der Waals surface area contributed by atoms with Crippen LogP contribution < -0.4 is 0 Å².